The minimum Gasteiger partial charge on any atom is -0.507 e. The highest BCUT2D eigenvalue weighted by Crippen LogP contribution is 2.19. The molecule has 2 rings (SSSR count). The minimum atomic E-state index is -0.0719. The van der Waals surface area contributed by atoms with E-state index in [-0.39, 0.29) is 11.7 Å². The summed E-state index contributed by atoms with van der Waals surface area (Å²) in [5, 5.41) is 13.3. The topological polar surface area (TPSA) is 52.6 Å². The average Bonchev–Trinajstić information content (AvgIpc) is 2.48. The van der Waals surface area contributed by atoms with Gasteiger partial charge in [-0.05, 0) is 37.9 Å². The molecule has 1 amide bonds. The van der Waals surface area contributed by atoms with Crippen LogP contribution in [0.3, 0.4) is 0 Å². The molecular weight excluding hydrogens is 252 g/mol. The van der Waals surface area contributed by atoms with E-state index in [1.165, 1.54) is 12.8 Å². The van der Waals surface area contributed by atoms with E-state index in [2.05, 4.69) is 12.2 Å². The maximum atomic E-state index is 12.6. The van der Waals surface area contributed by atoms with Crippen LogP contribution in [0.5, 0.6) is 5.75 Å². The summed E-state index contributed by atoms with van der Waals surface area (Å²) in [5.41, 5.74) is 0.400. The number of phenols is 1. The summed E-state index contributed by atoms with van der Waals surface area (Å²) < 4.78 is 0. The van der Waals surface area contributed by atoms with E-state index >= 15 is 0 Å². The second kappa shape index (κ2) is 7.29. The lowest BCUT2D eigenvalue weighted by molar-refractivity contribution is 0.0728. The Morgan fingerprint density at radius 2 is 2.20 bits per heavy atom. The van der Waals surface area contributed by atoms with Crippen LogP contribution in [0.4, 0.5) is 0 Å². The van der Waals surface area contributed by atoms with Gasteiger partial charge in [0.2, 0.25) is 0 Å². The SMILES string of the molecule is CCCN(CC1CCCCN1)C(=O)c1ccccc1O. The molecule has 4 heteroatoms. The quantitative estimate of drug-likeness (QED) is 0.868. The van der Waals surface area contributed by atoms with E-state index in [4.69, 9.17) is 0 Å². The molecule has 1 fully saturated rings. The number of carbonyl (C=O) groups excluding carboxylic acids is 1. The van der Waals surface area contributed by atoms with Crippen molar-refractivity contribution in [3.8, 4) is 5.75 Å². The van der Waals surface area contributed by atoms with Crippen molar-refractivity contribution in [3.63, 3.8) is 0 Å². The van der Waals surface area contributed by atoms with Gasteiger partial charge in [0.05, 0.1) is 5.56 Å². The molecule has 0 spiro atoms. The molecule has 0 saturated carbocycles. The zero-order valence-electron chi connectivity index (χ0n) is 12.1. The van der Waals surface area contributed by atoms with Crippen molar-refractivity contribution in [3.05, 3.63) is 29.8 Å². The molecule has 0 radical (unpaired) electrons. The van der Waals surface area contributed by atoms with E-state index in [9.17, 15) is 9.90 Å². The van der Waals surface area contributed by atoms with Gasteiger partial charge in [0.15, 0.2) is 0 Å². The zero-order valence-corrected chi connectivity index (χ0v) is 12.1. The predicted octanol–water partition coefficient (Wildman–Crippen LogP) is 2.39. The van der Waals surface area contributed by atoms with E-state index in [0.29, 0.717) is 11.6 Å². The third-order valence-corrected chi connectivity index (χ3v) is 3.77. The molecule has 1 saturated heterocycles. The van der Waals surface area contributed by atoms with Gasteiger partial charge in [0, 0.05) is 19.1 Å². The summed E-state index contributed by atoms with van der Waals surface area (Å²) in [4.78, 5) is 14.4. The Bertz CT molecular complexity index is 442. The van der Waals surface area contributed by atoms with Gasteiger partial charge < -0.3 is 15.3 Å². The van der Waals surface area contributed by atoms with Gasteiger partial charge >= 0.3 is 0 Å². The lowest BCUT2D eigenvalue weighted by Crippen LogP contribution is -2.46. The zero-order chi connectivity index (χ0) is 14.4. The average molecular weight is 276 g/mol. The molecule has 1 aliphatic rings. The summed E-state index contributed by atoms with van der Waals surface area (Å²) in [6.45, 7) is 4.56. The molecule has 2 N–H and O–H groups in total. The Balaban J connectivity index is 2.07. The van der Waals surface area contributed by atoms with Gasteiger partial charge in [-0.2, -0.15) is 0 Å². The number of carbonyl (C=O) groups is 1. The smallest absolute Gasteiger partial charge is 0.257 e. The van der Waals surface area contributed by atoms with Crippen LogP contribution in [-0.2, 0) is 0 Å². The van der Waals surface area contributed by atoms with Crippen molar-refractivity contribution in [2.75, 3.05) is 19.6 Å². The molecule has 1 aromatic rings. The van der Waals surface area contributed by atoms with Crippen LogP contribution in [0.1, 0.15) is 43.0 Å². The third-order valence-electron chi connectivity index (χ3n) is 3.77. The molecule has 20 heavy (non-hydrogen) atoms. The molecule has 1 aliphatic heterocycles. The molecule has 0 bridgehead atoms. The number of para-hydroxylation sites is 1. The lowest BCUT2D eigenvalue weighted by Gasteiger charge is -2.30. The van der Waals surface area contributed by atoms with Crippen LogP contribution in [0.25, 0.3) is 0 Å². The first kappa shape index (κ1) is 14.9. The van der Waals surface area contributed by atoms with Gasteiger partial charge in [-0.1, -0.05) is 25.5 Å². The first-order chi connectivity index (χ1) is 9.72. The Morgan fingerprint density at radius 1 is 1.40 bits per heavy atom. The second-order valence-corrected chi connectivity index (χ2v) is 5.42. The Kier molecular flexibility index (Phi) is 5.41. The van der Waals surface area contributed by atoms with Crippen molar-refractivity contribution >= 4 is 5.91 Å². The number of piperidine rings is 1. The maximum absolute atomic E-state index is 12.6. The summed E-state index contributed by atoms with van der Waals surface area (Å²) in [6, 6.07) is 7.16. The Labute approximate surface area is 120 Å². The van der Waals surface area contributed by atoms with Crippen molar-refractivity contribution in [1.82, 2.24) is 10.2 Å². The van der Waals surface area contributed by atoms with E-state index < -0.39 is 0 Å². The molecule has 1 atom stereocenters. The molecule has 1 heterocycles. The van der Waals surface area contributed by atoms with E-state index in [0.717, 1.165) is 32.5 Å². The predicted molar refractivity (Wildman–Crippen MR) is 79.9 cm³/mol. The fourth-order valence-electron chi connectivity index (χ4n) is 2.72. The molecule has 0 aromatic heterocycles. The summed E-state index contributed by atoms with van der Waals surface area (Å²) in [5.74, 6) is -0.00692. The number of phenolic OH excluding ortho intramolecular Hbond substituents is 1. The number of hydrogen-bond donors (Lipinski definition) is 2. The number of rotatable bonds is 5. The maximum Gasteiger partial charge on any atom is 0.257 e. The number of benzene rings is 1. The van der Waals surface area contributed by atoms with E-state index in [1.54, 1.807) is 24.3 Å². The van der Waals surface area contributed by atoms with Gasteiger partial charge in [-0.3, -0.25) is 4.79 Å². The number of nitrogens with one attached hydrogen (secondary N) is 1. The minimum absolute atomic E-state index is 0.0650. The highest BCUT2D eigenvalue weighted by Gasteiger charge is 2.22. The first-order valence-electron chi connectivity index (χ1n) is 7.53. The molecule has 0 aliphatic carbocycles. The van der Waals surface area contributed by atoms with Crippen LogP contribution >= 0.6 is 0 Å². The third kappa shape index (κ3) is 3.73. The van der Waals surface area contributed by atoms with Gasteiger partial charge in [-0.25, -0.2) is 0 Å². The largest absolute Gasteiger partial charge is 0.507 e. The number of nitrogens with zero attached hydrogens (tertiary/aromatic N) is 1. The normalized spacial score (nSPS) is 18.8. The van der Waals surface area contributed by atoms with Crippen molar-refractivity contribution < 1.29 is 9.90 Å². The molecular formula is C16H24N2O2. The van der Waals surface area contributed by atoms with Crippen molar-refractivity contribution in [2.45, 2.75) is 38.6 Å². The van der Waals surface area contributed by atoms with Crippen LogP contribution in [0.15, 0.2) is 24.3 Å². The van der Waals surface area contributed by atoms with Crippen molar-refractivity contribution in [1.29, 1.82) is 0 Å². The molecule has 1 unspecified atom stereocenters. The number of aromatic hydroxyl groups is 1. The number of amides is 1. The van der Waals surface area contributed by atoms with Gasteiger partial charge in [0.25, 0.3) is 5.91 Å². The fourth-order valence-corrected chi connectivity index (χ4v) is 2.72. The second-order valence-electron chi connectivity index (χ2n) is 5.42. The standard InChI is InChI=1S/C16H24N2O2/c1-2-11-18(12-13-7-5-6-10-17-13)16(20)14-8-3-4-9-15(14)19/h3-4,8-9,13,17,19H,2,5-7,10-12H2,1H3. The fraction of sp³-hybridized carbons (Fsp3) is 0.562. The van der Waals surface area contributed by atoms with Crippen LogP contribution in [-0.4, -0.2) is 41.6 Å². The highest BCUT2D eigenvalue weighted by atomic mass is 16.3. The lowest BCUT2D eigenvalue weighted by atomic mass is 10.0. The summed E-state index contributed by atoms with van der Waals surface area (Å²) >= 11 is 0. The molecule has 110 valence electrons. The van der Waals surface area contributed by atoms with Crippen LogP contribution in [0, 0.1) is 0 Å². The van der Waals surface area contributed by atoms with E-state index in [1.807, 2.05) is 4.90 Å². The van der Waals surface area contributed by atoms with Gasteiger partial charge in [0.1, 0.15) is 5.75 Å². The first-order valence-corrected chi connectivity index (χ1v) is 7.53. The molecule has 1 aromatic carbocycles. The Morgan fingerprint density at radius 3 is 2.85 bits per heavy atom. The van der Waals surface area contributed by atoms with Crippen LogP contribution in [0.2, 0.25) is 0 Å². The van der Waals surface area contributed by atoms with Crippen LogP contribution < -0.4 is 5.32 Å². The summed E-state index contributed by atoms with van der Waals surface area (Å²) in [7, 11) is 0. The monoisotopic (exact) mass is 276 g/mol. The highest BCUT2D eigenvalue weighted by molar-refractivity contribution is 5.96. The Hall–Kier alpha value is -1.55. The van der Waals surface area contributed by atoms with Crippen molar-refractivity contribution in [2.24, 2.45) is 0 Å². The summed E-state index contributed by atoms with van der Waals surface area (Å²) in [6.07, 6.45) is 4.49. The molecule has 4 nitrogen and oxygen atoms in total. The van der Waals surface area contributed by atoms with Gasteiger partial charge in [-0.15, -0.1) is 0 Å². The number of hydrogen-bond acceptors (Lipinski definition) is 3.